The van der Waals surface area contributed by atoms with Gasteiger partial charge in [-0.25, -0.2) is 9.97 Å². The normalized spacial score (nSPS) is 15.9. The van der Waals surface area contributed by atoms with Crippen molar-refractivity contribution in [3.8, 4) is 0 Å². The van der Waals surface area contributed by atoms with Gasteiger partial charge in [0.1, 0.15) is 0 Å². The predicted molar refractivity (Wildman–Crippen MR) is 66.2 cm³/mol. The number of nitrogens with zero attached hydrogens (tertiary/aromatic N) is 3. The molecule has 0 bridgehead atoms. The second kappa shape index (κ2) is 5.35. The Bertz CT molecular complexity index is 520. The van der Waals surface area contributed by atoms with Crippen LogP contribution in [-0.2, 0) is 9.59 Å². The van der Waals surface area contributed by atoms with Crippen LogP contribution >= 0.6 is 0 Å². The van der Waals surface area contributed by atoms with Crippen LogP contribution in [0.1, 0.15) is 19.2 Å². The molecular weight excluding hydrogens is 230 g/mol. The van der Waals surface area contributed by atoms with E-state index in [1.807, 2.05) is 0 Å². The van der Waals surface area contributed by atoms with Crippen molar-refractivity contribution >= 4 is 17.9 Å². The van der Waals surface area contributed by atoms with Crippen molar-refractivity contribution in [2.24, 2.45) is 0 Å². The van der Waals surface area contributed by atoms with Gasteiger partial charge in [0.25, 0.3) is 11.8 Å². The summed E-state index contributed by atoms with van der Waals surface area (Å²) in [5.74, 6) is -0.104. The van der Waals surface area contributed by atoms with Gasteiger partial charge in [-0.15, -0.1) is 0 Å². The minimum absolute atomic E-state index is 0.270. The van der Waals surface area contributed by atoms with E-state index in [0.29, 0.717) is 24.4 Å². The number of carbonyl (C=O) groups excluding carboxylic acids is 2. The molecule has 0 saturated heterocycles. The molecule has 92 valence electrons. The van der Waals surface area contributed by atoms with E-state index in [1.165, 1.54) is 11.0 Å². The molecule has 0 atom stereocenters. The Morgan fingerprint density at radius 2 is 2.11 bits per heavy atom. The van der Waals surface area contributed by atoms with Gasteiger partial charge in [0, 0.05) is 24.5 Å². The lowest BCUT2D eigenvalue weighted by Crippen LogP contribution is -2.38. The first-order valence-corrected chi connectivity index (χ1v) is 5.66. The molecule has 5 heteroatoms. The summed E-state index contributed by atoms with van der Waals surface area (Å²) in [6.07, 6.45) is 8.68. The zero-order chi connectivity index (χ0) is 13.0. The first-order chi connectivity index (χ1) is 8.68. The summed E-state index contributed by atoms with van der Waals surface area (Å²) in [4.78, 5) is 32.9. The number of aromatic nitrogens is 2. The maximum absolute atomic E-state index is 12.1. The predicted octanol–water partition coefficient (Wildman–Crippen LogP) is 1.20. The molecule has 18 heavy (non-hydrogen) atoms. The minimum Gasteiger partial charge on any atom is -0.275 e. The van der Waals surface area contributed by atoms with E-state index in [4.69, 9.17) is 0 Å². The molecule has 0 aromatic carbocycles. The zero-order valence-corrected chi connectivity index (χ0v) is 10.0. The molecule has 0 spiro atoms. The maximum Gasteiger partial charge on any atom is 0.256 e. The van der Waals surface area contributed by atoms with Crippen LogP contribution < -0.4 is 0 Å². The van der Waals surface area contributed by atoms with Crippen LogP contribution in [0.15, 0.2) is 36.2 Å². The van der Waals surface area contributed by atoms with E-state index < -0.39 is 0 Å². The lowest BCUT2D eigenvalue weighted by molar-refractivity contribution is -0.139. The number of rotatable bonds is 2. The number of amides is 2. The molecule has 0 saturated carbocycles. The molecule has 2 rings (SSSR count). The van der Waals surface area contributed by atoms with Gasteiger partial charge in [-0.1, -0.05) is 6.08 Å². The largest absolute Gasteiger partial charge is 0.275 e. The molecular formula is C13H13N3O2. The Labute approximate surface area is 105 Å². The molecule has 0 fully saturated rings. The lowest BCUT2D eigenvalue weighted by atomic mass is 10.2. The fourth-order valence-electron chi connectivity index (χ4n) is 1.64. The van der Waals surface area contributed by atoms with Crippen molar-refractivity contribution in [3.63, 3.8) is 0 Å². The fraction of sp³-hybridized carbons (Fsp3) is 0.231. The highest BCUT2D eigenvalue weighted by Gasteiger charge is 2.22. The standard InChI is InChI=1S/C13H13N3O2/c1-10(9-11-14-6-4-7-15-11)13(18)16-8-3-2-5-12(16)17/h2,4-7,9H,3,8H2,1H3. The first-order valence-electron chi connectivity index (χ1n) is 5.66. The molecule has 2 amide bonds. The topological polar surface area (TPSA) is 63.2 Å². The van der Waals surface area contributed by atoms with Gasteiger partial charge in [0.15, 0.2) is 5.82 Å². The van der Waals surface area contributed by atoms with Gasteiger partial charge in [0.05, 0.1) is 0 Å². The Kier molecular flexibility index (Phi) is 3.62. The van der Waals surface area contributed by atoms with Crippen molar-refractivity contribution in [3.05, 3.63) is 42.0 Å². The van der Waals surface area contributed by atoms with Crippen LogP contribution in [0.5, 0.6) is 0 Å². The Balaban J connectivity index is 2.16. The average molecular weight is 243 g/mol. The van der Waals surface area contributed by atoms with E-state index >= 15 is 0 Å². The summed E-state index contributed by atoms with van der Waals surface area (Å²) in [5.41, 5.74) is 0.449. The van der Waals surface area contributed by atoms with Crippen molar-refractivity contribution in [1.29, 1.82) is 0 Å². The fourth-order valence-corrected chi connectivity index (χ4v) is 1.64. The van der Waals surface area contributed by atoms with E-state index in [0.717, 1.165) is 0 Å². The second-order valence-electron chi connectivity index (χ2n) is 3.92. The average Bonchev–Trinajstić information content (AvgIpc) is 2.39. The number of carbonyl (C=O) groups is 2. The third-order valence-electron chi connectivity index (χ3n) is 2.56. The van der Waals surface area contributed by atoms with Crippen LogP contribution in [0.25, 0.3) is 6.08 Å². The molecule has 2 heterocycles. The monoisotopic (exact) mass is 243 g/mol. The summed E-state index contributed by atoms with van der Waals surface area (Å²) < 4.78 is 0. The third kappa shape index (κ3) is 2.68. The molecule has 5 nitrogen and oxygen atoms in total. The van der Waals surface area contributed by atoms with Crippen LogP contribution in [0.4, 0.5) is 0 Å². The zero-order valence-electron chi connectivity index (χ0n) is 10.0. The van der Waals surface area contributed by atoms with Crippen molar-refractivity contribution < 1.29 is 9.59 Å². The lowest BCUT2D eigenvalue weighted by Gasteiger charge is -2.21. The SMILES string of the molecule is CC(=Cc1ncccn1)C(=O)N1CCC=CC1=O. The Morgan fingerprint density at radius 3 is 2.78 bits per heavy atom. The van der Waals surface area contributed by atoms with Crippen molar-refractivity contribution in [1.82, 2.24) is 14.9 Å². The van der Waals surface area contributed by atoms with Crippen molar-refractivity contribution in [2.45, 2.75) is 13.3 Å². The molecule has 1 aliphatic heterocycles. The molecule has 0 aliphatic carbocycles. The van der Waals surface area contributed by atoms with Gasteiger partial charge in [-0.2, -0.15) is 0 Å². The minimum atomic E-state index is -0.295. The second-order valence-corrected chi connectivity index (χ2v) is 3.92. The van der Waals surface area contributed by atoms with Gasteiger partial charge in [-0.3, -0.25) is 14.5 Å². The summed E-state index contributed by atoms with van der Waals surface area (Å²) in [7, 11) is 0. The first kappa shape index (κ1) is 12.2. The molecule has 1 aromatic heterocycles. The Morgan fingerprint density at radius 1 is 1.39 bits per heavy atom. The van der Waals surface area contributed by atoms with Crippen LogP contribution in [0.3, 0.4) is 0 Å². The highest BCUT2D eigenvalue weighted by atomic mass is 16.2. The van der Waals surface area contributed by atoms with E-state index in [-0.39, 0.29) is 11.8 Å². The maximum atomic E-state index is 12.1. The summed E-state index contributed by atoms with van der Waals surface area (Å²) in [6.45, 7) is 2.08. The van der Waals surface area contributed by atoms with Crippen LogP contribution in [0, 0.1) is 0 Å². The highest BCUT2D eigenvalue weighted by Crippen LogP contribution is 2.10. The third-order valence-corrected chi connectivity index (χ3v) is 2.56. The number of imide groups is 1. The summed E-state index contributed by atoms with van der Waals surface area (Å²) >= 11 is 0. The van der Waals surface area contributed by atoms with Crippen LogP contribution in [0.2, 0.25) is 0 Å². The van der Waals surface area contributed by atoms with Crippen LogP contribution in [-0.4, -0.2) is 33.2 Å². The van der Waals surface area contributed by atoms with Gasteiger partial charge in [0.2, 0.25) is 0 Å². The summed E-state index contributed by atoms with van der Waals surface area (Å²) in [6, 6.07) is 1.70. The van der Waals surface area contributed by atoms with E-state index in [2.05, 4.69) is 9.97 Å². The number of hydrogen-bond acceptors (Lipinski definition) is 4. The highest BCUT2D eigenvalue weighted by molar-refractivity contribution is 6.09. The van der Waals surface area contributed by atoms with Gasteiger partial charge < -0.3 is 0 Å². The van der Waals surface area contributed by atoms with Gasteiger partial charge in [-0.05, 0) is 31.6 Å². The summed E-state index contributed by atoms with van der Waals surface area (Å²) in [5, 5.41) is 0. The smallest absolute Gasteiger partial charge is 0.256 e. The van der Waals surface area contributed by atoms with E-state index in [9.17, 15) is 9.59 Å². The molecule has 1 aromatic rings. The molecule has 0 unspecified atom stereocenters. The Hall–Kier alpha value is -2.30. The molecule has 1 aliphatic rings. The molecule has 0 N–H and O–H groups in total. The number of hydrogen-bond donors (Lipinski definition) is 0. The molecule has 0 radical (unpaired) electrons. The van der Waals surface area contributed by atoms with E-state index in [1.54, 1.807) is 37.5 Å². The van der Waals surface area contributed by atoms with Gasteiger partial charge >= 0.3 is 0 Å². The quantitative estimate of drug-likeness (QED) is 0.732. The van der Waals surface area contributed by atoms with Crippen molar-refractivity contribution in [2.75, 3.05) is 6.54 Å².